The van der Waals surface area contributed by atoms with Gasteiger partial charge in [0.2, 0.25) is 0 Å². The first-order valence-corrected chi connectivity index (χ1v) is 23.5. The Balaban J connectivity index is 1.04. The van der Waals surface area contributed by atoms with Gasteiger partial charge in [-0.15, -0.1) is 11.3 Å². The average Bonchev–Trinajstić information content (AvgIpc) is 3.91. The Labute approximate surface area is 358 Å². The minimum atomic E-state index is -0.102. The summed E-state index contributed by atoms with van der Waals surface area (Å²) in [6.07, 6.45) is 13.4. The Morgan fingerprint density at radius 2 is 1.05 bits per heavy atom. The van der Waals surface area contributed by atoms with Gasteiger partial charge in [0.05, 0.1) is 11.0 Å². The van der Waals surface area contributed by atoms with E-state index in [1.807, 2.05) is 11.3 Å². The SMILES string of the molecule is CC1(C)c2cc(C3CCCCC3)ccc2-c2ccc(N(c3ccc4c(c3)sc3ccccc34)c3ccc4c(c3)c3ccc(C5CCCCC5)cc3n4-c3ccccc3)cc21. The van der Waals surface area contributed by atoms with Gasteiger partial charge in [-0.25, -0.2) is 0 Å². The average molecular weight is 797 g/mol. The van der Waals surface area contributed by atoms with Crippen molar-refractivity contribution in [1.82, 2.24) is 4.57 Å². The molecular formula is C57H52N2S. The molecule has 296 valence electrons. The molecule has 9 aromatic rings. The summed E-state index contributed by atoms with van der Waals surface area (Å²) in [4.78, 5) is 2.53. The van der Waals surface area contributed by atoms with E-state index in [0.717, 1.165) is 0 Å². The van der Waals surface area contributed by atoms with Gasteiger partial charge in [-0.05, 0) is 138 Å². The predicted molar refractivity (Wildman–Crippen MR) is 258 cm³/mol. The second-order valence-corrected chi connectivity index (χ2v) is 19.7. The van der Waals surface area contributed by atoms with E-state index in [-0.39, 0.29) is 5.41 Å². The molecule has 0 atom stereocenters. The van der Waals surface area contributed by atoms with Crippen LogP contribution in [0.1, 0.15) is 112 Å². The lowest BCUT2D eigenvalue weighted by molar-refractivity contribution is 0.443. The molecule has 0 amide bonds. The molecule has 0 bridgehead atoms. The molecule has 2 saturated carbocycles. The highest BCUT2D eigenvalue weighted by Gasteiger charge is 2.37. The molecule has 0 aliphatic heterocycles. The molecule has 0 unspecified atom stereocenters. The number of aromatic nitrogens is 1. The van der Waals surface area contributed by atoms with Crippen LogP contribution in [0, 0.1) is 0 Å². The van der Waals surface area contributed by atoms with Gasteiger partial charge in [0, 0.05) is 59.1 Å². The largest absolute Gasteiger partial charge is 0.310 e. The Kier molecular flexibility index (Phi) is 8.60. The third kappa shape index (κ3) is 5.80. The van der Waals surface area contributed by atoms with Gasteiger partial charge in [-0.1, -0.05) is 131 Å². The maximum atomic E-state index is 2.58. The van der Waals surface area contributed by atoms with E-state index in [0.29, 0.717) is 11.8 Å². The Bertz CT molecular complexity index is 3100. The van der Waals surface area contributed by atoms with E-state index in [2.05, 4.69) is 169 Å². The highest BCUT2D eigenvalue weighted by atomic mass is 32.1. The standard InChI is InChI=1S/C57H52N2S/c1-57(2)51-32-39(37-14-6-3-7-15-37)22-27-45(51)46-29-24-43(35-52(46)57)58(44-25-30-49-48-20-12-13-21-55(48)60-56(49)36-44)42-26-31-53-50(34-42)47-28-23-40(38-16-8-4-9-17-38)33-54(47)59(53)41-18-10-5-11-19-41/h5,10-13,18-38H,3-4,6-9,14-17H2,1-2H3. The van der Waals surface area contributed by atoms with Crippen LogP contribution in [0.4, 0.5) is 17.1 Å². The van der Waals surface area contributed by atoms with Crippen LogP contribution in [0.5, 0.6) is 0 Å². The summed E-state index contributed by atoms with van der Waals surface area (Å²) in [6, 6.07) is 56.3. The maximum absolute atomic E-state index is 2.58. The molecule has 3 aliphatic carbocycles. The summed E-state index contributed by atoms with van der Waals surface area (Å²) in [6.45, 7) is 4.90. The van der Waals surface area contributed by atoms with Crippen molar-refractivity contribution in [1.29, 1.82) is 0 Å². The molecule has 60 heavy (non-hydrogen) atoms. The minimum absolute atomic E-state index is 0.102. The van der Waals surface area contributed by atoms with Crippen molar-refractivity contribution in [2.45, 2.75) is 95.3 Å². The molecule has 7 aromatic carbocycles. The fourth-order valence-electron chi connectivity index (χ4n) is 11.6. The third-order valence-corrected chi connectivity index (χ3v) is 15.9. The monoisotopic (exact) mass is 796 g/mol. The lowest BCUT2D eigenvalue weighted by Gasteiger charge is -2.28. The molecule has 2 aromatic heterocycles. The number of thiophene rings is 1. The van der Waals surface area contributed by atoms with Crippen LogP contribution < -0.4 is 4.90 Å². The summed E-state index contributed by atoms with van der Waals surface area (Å²) in [5, 5.41) is 5.27. The number of para-hydroxylation sites is 1. The predicted octanol–water partition coefficient (Wildman–Crippen LogP) is 17.0. The summed E-state index contributed by atoms with van der Waals surface area (Å²) < 4.78 is 5.16. The van der Waals surface area contributed by atoms with Crippen molar-refractivity contribution in [2.75, 3.05) is 4.90 Å². The van der Waals surface area contributed by atoms with Gasteiger partial charge in [-0.3, -0.25) is 0 Å². The van der Waals surface area contributed by atoms with E-state index in [9.17, 15) is 0 Å². The summed E-state index contributed by atoms with van der Waals surface area (Å²) in [7, 11) is 0. The molecule has 0 saturated heterocycles. The Morgan fingerprint density at radius 3 is 1.83 bits per heavy atom. The molecule has 2 heterocycles. The van der Waals surface area contributed by atoms with Crippen molar-refractivity contribution in [3.8, 4) is 16.8 Å². The van der Waals surface area contributed by atoms with E-state index in [4.69, 9.17) is 0 Å². The highest BCUT2D eigenvalue weighted by molar-refractivity contribution is 7.25. The molecule has 3 aliphatic rings. The number of nitrogens with zero attached hydrogens (tertiary/aromatic N) is 2. The number of benzene rings is 7. The Morgan fingerprint density at radius 1 is 0.467 bits per heavy atom. The maximum Gasteiger partial charge on any atom is 0.0543 e. The normalized spacial score (nSPS) is 16.8. The van der Waals surface area contributed by atoms with Gasteiger partial charge in [0.15, 0.2) is 0 Å². The zero-order valence-corrected chi connectivity index (χ0v) is 35.7. The number of anilines is 3. The van der Waals surface area contributed by atoms with Crippen LogP contribution in [0.15, 0.2) is 146 Å². The van der Waals surface area contributed by atoms with Gasteiger partial charge < -0.3 is 9.47 Å². The molecule has 0 N–H and O–H groups in total. The van der Waals surface area contributed by atoms with Crippen LogP contribution >= 0.6 is 11.3 Å². The zero-order chi connectivity index (χ0) is 40.0. The van der Waals surface area contributed by atoms with Gasteiger partial charge >= 0.3 is 0 Å². The van der Waals surface area contributed by atoms with Crippen LogP contribution in [0.2, 0.25) is 0 Å². The van der Waals surface area contributed by atoms with Crippen LogP contribution in [0.3, 0.4) is 0 Å². The first-order chi connectivity index (χ1) is 29.5. The molecule has 2 nitrogen and oxygen atoms in total. The highest BCUT2D eigenvalue weighted by Crippen LogP contribution is 2.52. The summed E-state index contributed by atoms with van der Waals surface area (Å²) in [5.41, 5.74) is 16.0. The van der Waals surface area contributed by atoms with E-state index >= 15 is 0 Å². The zero-order valence-electron chi connectivity index (χ0n) is 34.9. The quantitative estimate of drug-likeness (QED) is 0.163. The molecule has 0 radical (unpaired) electrons. The summed E-state index contributed by atoms with van der Waals surface area (Å²) in [5.74, 6) is 1.34. The van der Waals surface area contributed by atoms with Crippen LogP contribution in [-0.2, 0) is 5.41 Å². The van der Waals surface area contributed by atoms with Gasteiger partial charge in [-0.2, -0.15) is 0 Å². The van der Waals surface area contributed by atoms with Crippen LogP contribution in [-0.4, -0.2) is 4.57 Å². The molecule has 3 heteroatoms. The number of rotatable bonds is 6. The van der Waals surface area contributed by atoms with Gasteiger partial charge in [0.1, 0.15) is 0 Å². The molecule has 2 fully saturated rings. The molecular weight excluding hydrogens is 745 g/mol. The van der Waals surface area contributed by atoms with Crippen molar-refractivity contribution >= 4 is 70.4 Å². The first kappa shape index (κ1) is 36.2. The number of hydrogen-bond acceptors (Lipinski definition) is 2. The lowest BCUT2D eigenvalue weighted by atomic mass is 9.79. The van der Waals surface area contributed by atoms with Crippen LogP contribution in [0.25, 0.3) is 58.8 Å². The second-order valence-electron chi connectivity index (χ2n) is 18.6. The first-order valence-electron chi connectivity index (χ1n) is 22.6. The third-order valence-electron chi connectivity index (χ3n) is 14.8. The van der Waals surface area contributed by atoms with E-state index in [1.165, 1.54) is 157 Å². The second kappa shape index (κ2) is 14.2. The van der Waals surface area contributed by atoms with Crippen molar-refractivity contribution in [3.05, 3.63) is 168 Å². The van der Waals surface area contributed by atoms with Crippen molar-refractivity contribution < 1.29 is 0 Å². The smallest absolute Gasteiger partial charge is 0.0543 e. The fraction of sp³-hybridized carbons (Fsp3) is 0.263. The summed E-state index contributed by atoms with van der Waals surface area (Å²) >= 11 is 1.90. The topological polar surface area (TPSA) is 8.17 Å². The number of fused-ring (bicyclic) bond motifs is 9. The molecule has 0 spiro atoms. The van der Waals surface area contributed by atoms with Gasteiger partial charge in [0.25, 0.3) is 0 Å². The van der Waals surface area contributed by atoms with Crippen molar-refractivity contribution in [3.63, 3.8) is 0 Å². The lowest BCUT2D eigenvalue weighted by Crippen LogP contribution is -2.17. The van der Waals surface area contributed by atoms with Crippen molar-refractivity contribution in [2.24, 2.45) is 0 Å². The van der Waals surface area contributed by atoms with E-state index in [1.54, 1.807) is 5.56 Å². The molecule has 12 rings (SSSR count). The van der Waals surface area contributed by atoms with E-state index < -0.39 is 0 Å². The minimum Gasteiger partial charge on any atom is -0.310 e. The fourth-order valence-corrected chi connectivity index (χ4v) is 12.7. The number of hydrogen-bond donors (Lipinski definition) is 0. The Hall–Kier alpha value is -5.64.